The Kier molecular flexibility index (Phi) is 5.67. The maximum atomic E-state index is 12.5. The molecule has 0 saturated carbocycles. The predicted molar refractivity (Wildman–Crippen MR) is 115 cm³/mol. The van der Waals surface area contributed by atoms with Crippen molar-refractivity contribution >= 4 is 28.4 Å². The van der Waals surface area contributed by atoms with Crippen LogP contribution in [0.4, 0.5) is 0 Å². The van der Waals surface area contributed by atoms with Gasteiger partial charge in [-0.15, -0.1) is 0 Å². The first-order valence-corrected chi connectivity index (χ1v) is 10.5. The second-order valence-electron chi connectivity index (χ2n) is 8.10. The van der Waals surface area contributed by atoms with Gasteiger partial charge in [0, 0.05) is 42.3 Å². The number of aryl methyl sites for hydroxylation is 2. The van der Waals surface area contributed by atoms with Crippen molar-refractivity contribution in [1.29, 1.82) is 0 Å². The van der Waals surface area contributed by atoms with Crippen LogP contribution in [0.2, 0.25) is 0 Å². The van der Waals surface area contributed by atoms with Crippen molar-refractivity contribution in [3.05, 3.63) is 41.2 Å². The van der Waals surface area contributed by atoms with Crippen LogP contribution in [-0.2, 0) is 16.0 Å². The number of carbonyl (C=O) groups excluding carboxylic acids is 2. The molecule has 0 unspecified atom stereocenters. The number of nitrogens with zero attached hydrogens (tertiary/aromatic N) is 4. The summed E-state index contributed by atoms with van der Waals surface area (Å²) in [6.45, 7) is 5.88. The molecule has 4 rings (SSSR count). The molecule has 1 aliphatic heterocycles. The third-order valence-corrected chi connectivity index (χ3v) is 5.95. The first-order chi connectivity index (χ1) is 14.4. The third-order valence-electron chi connectivity index (χ3n) is 5.95. The SMILES string of the molecule is Cc1nc2c3ccccc3nn2c(C)c1CCC(=O)NC1CCN(CC(N)=O)CC1. The lowest BCUT2D eigenvalue weighted by Gasteiger charge is -2.31. The van der Waals surface area contributed by atoms with Crippen molar-refractivity contribution in [1.82, 2.24) is 24.8 Å². The molecular weight excluding hydrogens is 380 g/mol. The van der Waals surface area contributed by atoms with E-state index in [1.165, 1.54) is 0 Å². The highest BCUT2D eigenvalue weighted by molar-refractivity contribution is 5.92. The third kappa shape index (κ3) is 4.14. The molecule has 8 nitrogen and oxygen atoms in total. The molecule has 158 valence electrons. The normalized spacial score (nSPS) is 15.7. The number of primary amides is 1. The molecule has 1 saturated heterocycles. The van der Waals surface area contributed by atoms with Gasteiger partial charge in [0.1, 0.15) is 0 Å². The summed E-state index contributed by atoms with van der Waals surface area (Å²) in [5.41, 5.74) is 10.1. The number of hydrogen-bond acceptors (Lipinski definition) is 5. The number of nitrogens with two attached hydrogens (primary N) is 1. The molecule has 2 aromatic heterocycles. The summed E-state index contributed by atoms with van der Waals surface area (Å²) >= 11 is 0. The van der Waals surface area contributed by atoms with Crippen molar-refractivity contribution in [2.45, 2.75) is 45.6 Å². The number of hydrogen-bond donors (Lipinski definition) is 2. The summed E-state index contributed by atoms with van der Waals surface area (Å²) in [6, 6.07) is 8.14. The fraction of sp³-hybridized carbons (Fsp3) is 0.455. The number of carbonyl (C=O) groups is 2. The van der Waals surface area contributed by atoms with Crippen molar-refractivity contribution in [2.75, 3.05) is 19.6 Å². The van der Waals surface area contributed by atoms with Crippen molar-refractivity contribution in [2.24, 2.45) is 5.73 Å². The van der Waals surface area contributed by atoms with Crippen LogP contribution in [0.15, 0.2) is 24.3 Å². The number of nitrogens with one attached hydrogen (secondary N) is 1. The van der Waals surface area contributed by atoms with Gasteiger partial charge < -0.3 is 11.1 Å². The Morgan fingerprint density at radius 1 is 1.20 bits per heavy atom. The summed E-state index contributed by atoms with van der Waals surface area (Å²) in [6.07, 6.45) is 2.72. The van der Waals surface area contributed by atoms with Crippen LogP contribution in [0.3, 0.4) is 0 Å². The highest BCUT2D eigenvalue weighted by Crippen LogP contribution is 2.23. The predicted octanol–water partition coefficient (Wildman–Crippen LogP) is 1.50. The molecule has 0 atom stereocenters. The maximum Gasteiger partial charge on any atom is 0.231 e. The number of likely N-dealkylation sites (tertiary alicyclic amines) is 1. The smallest absolute Gasteiger partial charge is 0.231 e. The highest BCUT2D eigenvalue weighted by Gasteiger charge is 2.22. The zero-order chi connectivity index (χ0) is 21.3. The molecule has 3 N–H and O–H groups in total. The van der Waals surface area contributed by atoms with Gasteiger partial charge in [-0.25, -0.2) is 9.50 Å². The Bertz CT molecular complexity index is 1100. The minimum Gasteiger partial charge on any atom is -0.369 e. The van der Waals surface area contributed by atoms with E-state index in [1.807, 2.05) is 47.5 Å². The number of piperidine rings is 1. The summed E-state index contributed by atoms with van der Waals surface area (Å²) in [5.74, 6) is -0.258. The zero-order valence-electron chi connectivity index (χ0n) is 17.5. The average molecular weight is 409 g/mol. The molecule has 1 fully saturated rings. The van der Waals surface area contributed by atoms with E-state index in [2.05, 4.69) is 10.4 Å². The second kappa shape index (κ2) is 8.39. The van der Waals surface area contributed by atoms with E-state index in [-0.39, 0.29) is 24.4 Å². The van der Waals surface area contributed by atoms with Crippen LogP contribution in [0.25, 0.3) is 16.6 Å². The van der Waals surface area contributed by atoms with E-state index in [1.54, 1.807) is 0 Å². The van der Waals surface area contributed by atoms with Gasteiger partial charge in [-0.3, -0.25) is 14.5 Å². The molecular formula is C22H28N6O2. The van der Waals surface area contributed by atoms with Gasteiger partial charge in [0.2, 0.25) is 11.8 Å². The molecule has 8 heteroatoms. The summed E-state index contributed by atoms with van der Waals surface area (Å²) in [5, 5.41) is 8.85. The van der Waals surface area contributed by atoms with Gasteiger partial charge in [0.25, 0.3) is 0 Å². The fourth-order valence-corrected chi connectivity index (χ4v) is 4.33. The molecule has 1 aliphatic rings. The lowest BCUT2D eigenvalue weighted by atomic mass is 10.0. The summed E-state index contributed by atoms with van der Waals surface area (Å²) in [7, 11) is 0. The largest absolute Gasteiger partial charge is 0.369 e. The first kappa shape index (κ1) is 20.3. The standard InChI is InChI=1S/C22H28N6O2/c1-14-17(15(2)28-22(24-14)18-5-3-4-6-19(18)26-28)7-8-21(30)25-16-9-11-27(12-10-16)13-20(23)29/h3-6,16H,7-13H2,1-2H3,(H2,23,29)(H,25,30). The zero-order valence-corrected chi connectivity index (χ0v) is 17.5. The Morgan fingerprint density at radius 2 is 1.93 bits per heavy atom. The number of rotatable bonds is 6. The summed E-state index contributed by atoms with van der Waals surface area (Å²) in [4.78, 5) is 30.4. The Hall–Kier alpha value is -3.00. The second-order valence-corrected chi connectivity index (χ2v) is 8.10. The average Bonchev–Trinajstić information content (AvgIpc) is 3.08. The minimum absolute atomic E-state index is 0.0490. The van der Waals surface area contributed by atoms with Gasteiger partial charge in [-0.1, -0.05) is 12.1 Å². The van der Waals surface area contributed by atoms with Gasteiger partial charge in [-0.2, -0.15) is 5.10 Å². The number of benzene rings is 1. The van der Waals surface area contributed by atoms with E-state index < -0.39 is 0 Å². The van der Waals surface area contributed by atoms with E-state index in [4.69, 9.17) is 10.7 Å². The topological polar surface area (TPSA) is 106 Å². The van der Waals surface area contributed by atoms with Crippen molar-refractivity contribution in [3.63, 3.8) is 0 Å². The Balaban J connectivity index is 1.39. The van der Waals surface area contributed by atoms with Crippen LogP contribution in [-0.4, -0.2) is 57.0 Å². The molecule has 0 spiro atoms. The van der Waals surface area contributed by atoms with Gasteiger partial charge >= 0.3 is 0 Å². The molecule has 3 aromatic rings. The summed E-state index contributed by atoms with van der Waals surface area (Å²) < 4.78 is 1.89. The Morgan fingerprint density at radius 3 is 2.67 bits per heavy atom. The molecule has 0 radical (unpaired) electrons. The number of aromatic nitrogens is 3. The Labute approximate surface area is 175 Å². The quantitative estimate of drug-likeness (QED) is 0.643. The van der Waals surface area contributed by atoms with E-state index in [9.17, 15) is 9.59 Å². The van der Waals surface area contributed by atoms with Crippen LogP contribution < -0.4 is 11.1 Å². The first-order valence-electron chi connectivity index (χ1n) is 10.5. The minimum atomic E-state index is -0.307. The molecule has 2 amide bonds. The molecule has 3 heterocycles. The van der Waals surface area contributed by atoms with Crippen LogP contribution in [0, 0.1) is 13.8 Å². The van der Waals surface area contributed by atoms with Gasteiger partial charge in [-0.05, 0) is 50.8 Å². The highest BCUT2D eigenvalue weighted by atomic mass is 16.2. The van der Waals surface area contributed by atoms with Gasteiger partial charge in [0.15, 0.2) is 5.65 Å². The van der Waals surface area contributed by atoms with Crippen molar-refractivity contribution in [3.8, 4) is 0 Å². The van der Waals surface area contributed by atoms with E-state index >= 15 is 0 Å². The van der Waals surface area contributed by atoms with E-state index in [0.29, 0.717) is 12.8 Å². The lowest BCUT2D eigenvalue weighted by molar-refractivity contribution is -0.123. The number of fused-ring (bicyclic) bond motifs is 3. The molecule has 1 aromatic carbocycles. The van der Waals surface area contributed by atoms with Crippen LogP contribution >= 0.6 is 0 Å². The molecule has 30 heavy (non-hydrogen) atoms. The number of amides is 2. The molecule has 0 bridgehead atoms. The fourth-order valence-electron chi connectivity index (χ4n) is 4.33. The van der Waals surface area contributed by atoms with Crippen molar-refractivity contribution < 1.29 is 9.59 Å². The van der Waals surface area contributed by atoms with Crippen LogP contribution in [0.1, 0.15) is 36.2 Å². The van der Waals surface area contributed by atoms with E-state index in [0.717, 1.165) is 59.4 Å². The van der Waals surface area contributed by atoms with Gasteiger partial charge in [0.05, 0.1) is 12.1 Å². The lowest BCUT2D eigenvalue weighted by Crippen LogP contribution is -2.46. The van der Waals surface area contributed by atoms with Crippen LogP contribution in [0.5, 0.6) is 0 Å². The maximum absolute atomic E-state index is 12.5. The monoisotopic (exact) mass is 408 g/mol. The molecule has 0 aliphatic carbocycles.